The molecule has 0 saturated carbocycles. The van der Waals surface area contributed by atoms with Crippen molar-refractivity contribution < 1.29 is 18.0 Å². The summed E-state index contributed by atoms with van der Waals surface area (Å²) in [6, 6.07) is 5.54. The number of ketones is 1. The molecule has 3 aromatic rings. The molecule has 0 saturated heterocycles. The van der Waals surface area contributed by atoms with Crippen LogP contribution >= 0.6 is 22.7 Å². The van der Waals surface area contributed by atoms with Gasteiger partial charge in [-0.25, -0.2) is 13.4 Å². The molecule has 0 radical (unpaired) electrons. The van der Waals surface area contributed by atoms with E-state index in [1.807, 2.05) is 0 Å². The van der Waals surface area contributed by atoms with Crippen molar-refractivity contribution in [3.8, 4) is 0 Å². The lowest BCUT2D eigenvalue weighted by molar-refractivity contribution is -0.118. The number of hydrogen-bond donors (Lipinski definition) is 1. The first-order chi connectivity index (χ1) is 13.9. The number of aromatic nitrogens is 1. The third kappa shape index (κ3) is 2.85. The molecular formula is C19H17N3O4S3. The number of nitrogens with one attached hydrogen (secondary N) is 1. The second-order valence-electron chi connectivity index (χ2n) is 7.13. The molecule has 1 aliphatic carbocycles. The number of anilines is 1. The van der Waals surface area contributed by atoms with Crippen molar-refractivity contribution in [3.63, 3.8) is 0 Å². The van der Waals surface area contributed by atoms with E-state index in [2.05, 4.69) is 10.3 Å². The number of likely N-dealkylation sites (N-methyl/N-ethyl adjacent to an activating group) is 1. The largest absolute Gasteiger partial charge is 0.300 e. The number of Topliss-reactive ketones (excluding diaryl/α,β-unsaturated/α-hetero) is 1. The van der Waals surface area contributed by atoms with Gasteiger partial charge in [-0.3, -0.25) is 9.59 Å². The van der Waals surface area contributed by atoms with Gasteiger partial charge in [-0.1, -0.05) is 18.2 Å². The molecule has 1 N–H and O–H groups in total. The van der Waals surface area contributed by atoms with Gasteiger partial charge in [-0.2, -0.15) is 4.31 Å². The third-order valence-electron chi connectivity index (χ3n) is 5.35. The molecule has 0 spiro atoms. The minimum Gasteiger partial charge on any atom is -0.300 e. The summed E-state index contributed by atoms with van der Waals surface area (Å²) >= 11 is 2.51. The fraction of sp³-hybridized carbons (Fsp3) is 0.316. The Morgan fingerprint density at radius 2 is 1.97 bits per heavy atom. The molecule has 1 atom stereocenters. The van der Waals surface area contributed by atoms with Crippen LogP contribution in [0.2, 0.25) is 0 Å². The van der Waals surface area contributed by atoms with Gasteiger partial charge in [0.2, 0.25) is 15.8 Å². The Morgan fingerprint density at radius 1 is 1.21 bits per heavy atom. The zero-order valence-electron chi connectivity index (χ0n) is 15.5. The SMILES string of the molecule is CN1C(C(=O)Nc2nc3c(s2)CCCC3)C(=O)c2sc3ccccc3c2S1(=O)=O. The molecular weight excluding hydrogens is 430 g/mol. The maximum absolute atomic E-state index is 13.1. The molecule has 150 valence electrons. The molecule has 1 aromatic carbocycles. The molecule has 5 rings (SSSR count). The molecule has 29 heavy (non-hydrogen) atoms. The van der Waals surface area contributed by atoms with E-state index >= 15 is 0 Å². The Bertz CT molecular complexity index is 1250. The Balaban J connectivity index is 1.53. The summed E-state index contributed by atoms with van der Waals surface area (Å²) in [4.78, 5) is 31.8. The highest BCUT2D eigenvalue weighted by Gasteiger charge is 2.47. The number of fused-ring (bicyclic) bond motifs is 4. The summed E-state index contributed by atoms with van der Waals surface area (Å²) in [6.45, 7) is 0. The summed E-state index contributed by atoms with van der Waals surface area (Å²) in [5.41, 5.74) is 0.985. The van der Waals surface area contributed by atoms with Crippen molar-refractivity contribution in [2.24, 2.45) is 0 Å². The van der Waals surface area contributed by atoms with Crippen LogP contribution in [0.25, 0.3) is 10.1 Å². The summed E-state index contributed by atoms with van der Waals surface area (Å²) in [5, 5.41) is 3.61. The van der Waals surface area contributed by atoms with Gasteiger partial charge < -0.3 is 5.32 Å². The molecule has 1 amide bonds. The monoisotopic (exact) mass is 447 g/mol. The zero-order valence-corrected chi connectivity index (χ0v) is 17.9. The smallest absolute Gasteiger partial charge is 0.252 e. The van der Waals surface area contributed by atoms with Gasteiger partial charge in [0, 0.05) is 22.0 Å². The van der Waals surface area contributed by atoms with Crippen LogP contribution in [0.15, 0.2) is 29.2 Å². The van der Waals surface area contributed by atoms with E-state index in [4.69, 9.17) is 0 Å². The lowest BCUT2D eigenvalue weighted by Gasteiger charge is -2.29. The Labute approximate surface area is 175 Å². The number of rotatable bonds is 2. The number of thiophene rings is 1. The topological polar surface area (TPSA) is 96.4 Å². The summed E-state index contributed by atoms with van der Waals surface area (Å²) in [7, 11) is -2.70. The maximum Gasteiger partial charge on any atom is 0.252 e. The second kappa shape index (κ2) is 6.69. The van der Waals surface area contributed by atoms with Gasteiger partial charge in [0.05, 0.1) is 10.6 Å². The number of carbonyl (C=O) groups is 2. The molecule has 0 fully saturated rings. The maximum atomic E-state index is 13.1. The molecule has 10 heteroatoms. The number of thiazole rings is 1. The number of amides is 1. The van der Waals surface area contributed by atoms with E-state index in [0.29, 0.717) is 15.2 Å². The third-order valence-corrected chi connectivity index (χ3v) is 9.64. The van der Waals surface area contributed by atoms with Crippen LogP contribution < -0.4 is 5.32 Å². The summed E-state index contributed by atoms with van der Waals surface area (Å²) in [6.07, 6.45) is 3.98. The van der Waals surface area contributed by atoms with Gasteiger partial charge in [0.25, 0.3) is 5.91 Å². The highest BCUT2D eigenvalue weighted by molar-refractivity contribution is 7.89. The number of nitrogens with zero attached hydrogens (tertiary/aromatic N) is 2. The van der Waals surface area contributed by atoms with Crippen LogP contribution in [-0.4, -0.2) is 42.5 Å². The van der Waals surface area contributed by atoms with E-state index in [1.165, 1.54) is 18.4 Å². The highest BCUT2D eigenvalue weighted by Crippen LogP contribution is 2.41. The zero-order chi connectivity index (χ0) is 20.3. The van der Waals surface area contributed by atoms with Crippen molar-refractivity contribution >= 4 is 59.6 Å². The number of hydrogen-bond acceptors (Lipinski definition) is 7. The van der Waals surface area contributed by atoms with Gasteiger partial charge >= 0.3 is 0 Å². The van der Waals surface area contributed by atoms with Crippen LogP contribution in [0.3, 0.4) is 0 Å². The normalized spacial score (nSPS) is 21.0. The van der Waals surface area contributed by atoms with Crippen molar-refractivity contribution in [2.75, 3.05) is 12.4 Å². The van der Waals surface area contributed by atoms with E-state index in [9.17, 15) is 18.0 Å². The standard InChI is InChI=1S/C19H17N3O4S3/c1-22-14(18(24)21-19-20-11-7-3-5-9-13(11)28-19)15(23)16-17(29(22,25)26)10-6-2-4-8-12(10)27-16/h2,4,6,8,14H,3,5,7,9H2,1H3,(H,20,21,24). The van der Waals surface area contributed by atoms with Crippen molar-refractivity contribution in [1.29, 1.82) is 0 Å². The average molecular weight is 448 g/mol. The van der Waals surface area contributed by atoms with Crippen molar-refractivity contribution in [3.05, 3.63) is 39.7 Å². The number of benzene rings is 1. The van der Waals surface area contributed by atoms with Crippen LogP contribution in [0.1, 0.15) is 33.1 Å². The van der Waals surface area contributed by atoms with Gasteiger partial charge in [-0.05, 0) is 31.7 Å². The minimum absolute atomic E-state index is 0.000590. The van der Waals surface area contributed by atoms with Crippen molar-refractivity contribution in [1.82, 2.24) is 9.29 Å². The Kier molecular flexibility index (Phi) is 4.35. The molecule has 2 aromatic heterocycles. The summed E-state index contributed by atoms with van der Waals surface area (Å²) in [5.74, 6) is -1.17. The summed E-state index contributed by atoms with van der Waals surface area (Å²) < 4.78 is 27.9. The van der Waals surface area contributed by atoms with Crippen LogP contribution in [0, 0.1) is 0 Å². The second-order valence-corrected chi connectivity index (χ2v) is 11.2. The van der Waals surface area contributed by atoms with Gasteiger partial charge in [0.15, 0.2) is 11.2 Å². The predicted octanol–water partition coefficient (Wildman–Crippen LogP) is 3.06. The fourth-order valence-electron chi connectivity index (χ4n) is 3.88. The van der Waals surface area contributed by atoms with E-state index in [-0.39, 0.29) is 9.77 Å². The number of sulfonamides is 1. The lowest BCUT2D eigenvalue weighted by atomic mass is 10.0. The highest BCUT2D eigenvalue weighted by atomic mass is 32.2. The van der Waals surface area contributed by atoms with E-state index in [0.717, 1.165) is 51.9 Å². The van der Waals surface area contributed by atoms with Crippen molar-refractivity contribution in [2.45, 2.75) is 36.6 Å². The number of aryl methyl sites for hydroxylation is 2. The molecule has 3 heterocycles. The molecule has 2 aliphatic rings. The van der Waals surface area contributed by atoms with Gasteiger partial charge in [-0.15, -0.1) is 22.7 Å². The van der Waals surface area contributed by atoms with Crippen LogP contribution in [-0.2, 0) is 27.7 Å². The first-order valence-electron chi connectivity index (χ1n) is 9.21. The van der Waals surface area contributed by atoms with Gasteiger partial charge in [0.1, 0.15) is 4.90 Å². The molecule has 0 bridgehead atoms. The van der Waals surface area contributed by atoms with E-state index < -0.39 is 27.8 Å². The Morgan fingerprint density at radius 3 is 2.76 bits per heavy atom. The average Bonchev–Trinajstić information content (AvgIpc) is 3.28. The number of carbonyl (C=O) groups excluding carboxylic acids is 2. The molecule has 7 nitrogen and oxygen atoms in total. The molecule has 1 unspecified atom stereocenters. The van der Waals surface area contributed by atoms with Crippen LogP contribution in [0.5, 0.6) is 0 Å². The Hall–Kier alpha value is -2.14. The first-order valence-corrected chi connectivity index (χ1v) is 12.3. The minimum atomic E-state index is -3.98. The fourth-order valence-corrected chi connectivity index (χ4v) is 8.04. The quantitative estimate of drug-likeness (QED) is 0.609. The van der Waals surface area contributed by atoms with Crippen LogP contribution in [0.4, 0.5) is 5.13 Å². The molecule has 1 aliphatic heterocycles. The predicted molar refractivity (Wildman–Crippen MR) is 112 cm³/mol. The van der Waals surface area contributed by atoms with E-state index in [1.54, 1.807) is 24.3 Å². The first kappa shape index (κ1) is 18.9. The lowest BCUT2D eigenvalue weighted by Crippen LogP contribution is -2.52.